The first-order valence-electron chi connectivity index (χ1n) is 8.01. The lowest BCUT2D eigenvalue weighted by atomic mass is 9.80. The Bertz CT molecular complexity index is 666. The molecule has 29 heavy (non-hydrogen) atoms. The molecule has 170 valence electrons. The van der Waals surface area contributed by atoms with Crippen molar-refractivity contribution in [2.24, 2.45) is 11.8 Å². The monoisotopic (exact) mass is 456 g/mol. The van der Waals surface area contributed by atoms with Crippen molar-refractivity contribution < 1.29 is 61.8 Å². The first-order valence-corrected chi connectivity index (χ1v) is 8.01. The van der Waals surface area contributed by atoms with E-state index < -0.39 is 66.1 Å². The van der Waals surface area contributed by atoms with E-state index in [4.69, 9.17) is 4.74 Å². The summed E-state index contributed by atoms with van der Waals surface area (Å²) in [5.41, 5.74) is -1.57. The van der Waals surface area contributed by atoms with Gasteiger partial charge in [0.15, 0.2) is 0 Å². The molecule has 2 bridgehead atoms. The molecule has 0 radical (unpaired) electrons. The molecule has 2 rings (SSSR count). The molecule has 1 nitrogen and oxygen atoms in total. The fourth-order valence-corrected chi connectivity index (χ4v) is 3.65. The molecular formula is C15H13F13O. The van der Waals surface area contributed by atoms with Gasteiger partial charge in [0.05, 0.1) is 5.60 Å². The molecule has 0 aromatic heterocycles. The van der Waals surface area contributed by atoms with Gasteiger partial charge in [-0.2, -0.15) is 57.1 Å². The van der Waals surface area contributed by atoms with Crippen LogP contribution in [-0.2, 0) is 4.74 Å². The van der Waals surface area contributed by atoms with E-state index in [0.29, 0.717) is 0 Å². The molecular weight excluding hydrogens is 443 g/mol. The maximum absolute atomic E-state index is 14.3. The Balaban J connectivity index is 2.46. The highest BCUT2D eigenvalue weighted by atomic mass is 19.4. The number of hydrogen-bond acceptors (Lipinski definition) is 1. The van der Waals surface area contributed by atoms with Crippen LogP contribution in [0, 0.1) is 11.8 Å². The third kappa shape index (κ3) is 3.02. The summed E-state index contributed by atoms with van der Waals surface area (Å²) in [5, 5.41) is 0. The zero-order chi connectivity index (χ0) is 22.9. The van der Waals surface area contributed by atoms with Crippen molar-refractivity contribution in [3.8, 4) is 0 Å². The molecule has 0 amide bonds. The lowest BCUT2D eigenvalue weighted by Crippen LogP contribution is -2.71. The second-order valence-corrected chi connectivity index (χ2v) is 6.95. The smallest absolute Gasteiger partial charge is 0.371 e. The number of alkyl halides is 13. The minimum absolute atomic E-state index is 0.113. The summed E-state index contributed by atoms with van der Waals surface area (Å²) in [5.74, 6) is -40.9. The fraction of sp³-hybridized carbons (Fsp3) is 0.867. The average molecular weight is 456 g/mol. The number of halogens is 13. The first kappa shape index (κ1) is 24.1. The van der Waals surface area contributed by atoms with Crippen LogP contribution in [0.3, 0.4) is 0 Å². The molecule has 2 aliphatic rings. The molecule has 0 heterocycles. The van der Waals surface area contributed by atoms with Gasteiger partial charge in [-0.1, -0.05) is 12.2 Å². The van der Waals surface area contributed by atoms with Gasteiger partial charge in [-0.25, -0.2) is 0 Å². The molecule has 0 spiro atoms. The SMILES string of the molecule is CCOC12C=CC(C1)C(C(F)(F)C(F)(F)C(F)(F)C(F)(F)C(F)(F)C(F)(F)F)C2. The molecule has 0 aliphatic heterocycles. The molecule has 3 unspecified atom stereocenters. The van der Waals surface area contributed by atoms with Crippen LogP contribution in [0.15, 0.2) is 12.2 Å². The zero-order valence-electron chi connectivity index (χ0n) is 14.3. The maximum Gasteiger partial charge on any atom is 0.460 e. The van der Waals surface area contributed by atoms with E-state index in [-0.39, 0.29) is 6.61 Å². The van der Waals surface area contributed by atoms with Crippen molar-refractivity contribution in [2.75, 3.05) is 6.61 Å². The highest BCUT2D eigenvalue weighted by Gasteiger charge is 2.91. The number of rotatable bonds is 7. The Morgan fingerprint density at radius 2 is 1.24 bits per heavy atom. The second-order valence-electron chi connectivity index (χ2n) is 6.95. The van der Waals surface area contributed by atoms with E-state index in [2.05, 4.69) is 0 Å². The molecule has 3 atom stereocenters. The van der Waals surface area contributed by atoms with Crippen molar-refractivity contribution >= 4 is 0 Å². The highest BCUT2D eigenvalue weighted by molar-refractivity contribution is 5.24. The molecule has 0 aromatic rings. The van der Waals surface area contributed by atoms with Crippen LogP contribution < -0.4 is 0 Å². The third-order valence-corrected chi connectivity index (χ3v) is 5.17. The molecule has 0 aromatic carbocycles. The quantitative estimate of drug-likeness (QED) is 0.333. The summed E-state index contributed by atoms with van der Waals surface area (Å²) in [6.45, 7) is 1.28. The van der Waals surface area contributed by atoms with E-state index in [1.54, 1.807) is 0 Å². The predicted molar refractivity (Wildman–Crippen MR) is 70.5 cm³/mol. The molecule has 1 saturated carbocycles. The van der Waals surface area contributed by atoms with E-state index in [1.165, 1.54) is 13.0 Å². The summed E-state index contributed by atoms with van der Waals surface area (Å²) in [7, 11) is 0. The Labute approximate surface area is 154 Å². The van der Waals surface area contributed by atoms with Crippen LogP contribution >= 0.6 is 0 Å². The van der Waals surface area contributed by atoms with Crippen LogP contribution in [0.2, 0.25) is 0 Å². The Hall–Kier alpha value is -1.21. The van der Waals surface area contributed by atoms with Gasteiger partial charge in [0.25, 0.3) is 0 Å². The average Bonchev–Trinajstić information content (AvgIpc) is 3.11. The Morgan fingerprint density at radius 3 is 1.69 bits per heavy atom. The minimum atomic E-state index is -7.86. The van der Waals surface area contributed by atoms with Crippen LogP contribution in [0.1, 0.15) is 19.8 Å². The number of allylic oxidation sites excluding steroid dienone is 1. The van der Waals surface area contributed by atoms with Crippen LogP contribution in [-0.4, -0.2) is 48.0 Å². The van der Waals surface area contributed by atoms with E-state index >= 15 is 0 Å². The van der Waals surface area contributed by atoms with Crippen LogP contribution in [0.4, 0.5) is 57.1 Å². The lowest BCUT2D eigenvalue weighted by molar-refractivity contribution is -0.443. The largest absolute Gasteiger partial charge is 0.460 e. The Kier molecular flexibility index (Phi) is 5.31. The number of hydrogen-bond donors (Lipinski definition) is 0. The van der Waals surface area contributed by atoms with E-state index in [1.807, 2.05) is 0 Å². The summed E-state index contributed by atoms with van der Waals surface area (Å²) in [6.07, 6.45) is -6.75. The van der Waals surface area contributed by atoms with Gasteiger partial charge < -0.3 is 4.74 Å². The predicted octanol–water partition coefficient (Wildman–Crippen LogP) is 6.10. The van der Waals surface area contributed by atoms with E-state index in [0.717, 1.165) is 6.08 Å². The highest BCUT2D eigenvalue weighted by Crippen LogP contribution is 2.64. The van der Waals surface area contributed by atoms with Crippen molar-refractivity contribution in [1.82, 2.24) is 0 Å². The van der Waals surface area contributed by atoms with Crippen molar-refractivity contribution in [3.05, 3.63) is 12.2 Å². The minimum Gasteiger partial charge on any atom is -0.371 e. The van der Waals surface area contributed by atoms with E-state index in [9.17, 15) is 57.1 Å². The molecule has 2 aliphatic carbocycles. The van der Waals surface area contributed by atoms with Crippen molar-refractivity contribution in [3.63, 3.8) is 0 Å². The molecule has 14 heteroatoms. The summed E-state index contributed by atoms with van der Waals surface area (Å²) >= 11 is 0. The summed E-state index contributed by atoms with van der Waals surface area (Å²) in [4.78, 5) is 0. The van der Waals surface area contributed by atoms with Gasteiger partial charge in [0.2, 0.25) is 0 Å². The number of fused-ring (bicyclic) bond motifs is 2. The lowest BCUT2D eigenvalue weighted by Gasteiger charge is -2.42. The topological polar surface area (TPSA) is 9.23 Å². The third-order valence-electron chi connectivity index (χ3n) is 5.17. The van der Waals surface area contributed by atoms with Gasteiger partial charge in [0, 0.05) is 12.5 Å². The van der Waals surface area contributed by atoms with Gasteiger partial charge >= 0.3 is 35.8 Å². The second kappa shape index (κ2) is 6.39. The van der Waals surface area contributed by atoms with Gasteiger partial charge in [-0.3, -0.25) is 0 Å². The summed E-state index contributed by atoms with van der Waals surface area (Å²) in [6, 6.07) is 0. The molecule has 0 N–H and O–H groups in total. The maximum atomic E-state index is 14.3. The zero-order valence-corrected chi connectivity index (χ0v) is 14.3. The first-order chi connectivity index (χ1) is 12.7. The van der Waals surface area contributed by atoms with Crippen LogP contribution in [0.25, 0.3) is 0 Å². The molecule has 1 fully saturated rings. The van der Waals surface area contributed by atoms with Crippen LogP contribution in [0.5, 0.6) is 0 Å². The van der Waals surface area contributed by atoms with Crippen molar-refractivity contribution in [1.29, 1.82) is 0 Å². The standard InChI is InChI=1S/C15H13F13O/c1-2-29-9-4-3-7(5-9)8(6-9)10(16,17)11(18,19)12(20,21)13(22,23)14(24,25)15(26,27)28/h3-4,7-8H,2,5-6H2,1H3. The Morgan fingerprint density at radius 1 is 0.759 bits per heavy atom. The molecule has 0 saturated heterocycles. The van der Waals surface area contributed by atoms with Gasteiger partial charge in [0.1, 0.15) is 0 Å². The summed E-state index contributed by atoms with van der Waals surface area (Å²) < 4.78 is 177. The van der Waals surface area contributed by atoms with Gasteiger partial charge in [-0.05, 0) is 25.7 Å². The number of ether oxygens (including phenoxy) is 1. The normalized spacial score (nSPS) is 29.0. The van der Waals surface area contributed by atoms with Gasteiger partial charge in [-0.15, -0.1) is 0 Å². The van der Waals surface area contributed by atoms with Crippen molar-refractivity contribution in [2.45, 2.75) is 61.2 Å². The fourth-order valence-electron chi connectivity index (χ4n) is 3.65.